The molecular formula is C13H18FNO. The maximum atomic E-state index is 12.8. The van der Waals surface area contributed by atoms with Crippen molar-refractivity contribution in [2.45, 2.75) is 37.8 Å². The average molecular weight is 223 g/mol. The molecule has 3 atom stereocenters. The molecule has 1 aromatic carbocycles. The molecule has 3 N–H and O–H groups in total. The summed E-state index contributed by atoms with van der Waals surface area (Å²) in [4.78, 5) is 0. The summed E-state index contributed by atoms with van der Waals surface area (Å²) in [6.45, 7) is 0. The first-order valence-electron chi connectivity index (χ1n) is 5.87. The lowest BCUT2D eigenvalue weighted by atomic mass is 9.79. The fourth-order valence-corrected chi connectivity index (χ4v) is 2.49. The van der Waals surface area contributed by atoms with Crippen LogP contribution >= 0.6 is 0 Å². The maximum Gasteiger partial charge on any atom is 0.123 e. The van der Waals surface area contributed by atoms with E-state index in [-0.39, 0.29) is 17.8 Å². The summed E-state index contributed by atoms with van der Waals surface area (Å²) < 4.78 is 12.8. The third kappa shape index (κ3) is 2.42. The van der Waals surface area contributed by atoms with Crippen LogP contribution in [0.5, 0.6) is 0 Å². The quantitative estimate of drug-likeness (QED) is 0.808. The second-order valence-corrected chi connectivity index (χ2v) is 4.61. The van der Waals surface area contributed by atoms with Crippen molar-refractivity contribution < 1.29 is 9.50 Å². The Bertz CT molecular complexity index is 338. The fourth-order valence-electron chi connectivity index (χ4n) is 2.49. The first kappa shape index (κ1) is 11.6. The van der Waals surface area contributed by atoms with E-state index in [1.165, 1.54) is 12.1 Å². The average Bonchev–Trinajstić information content (AvgIpc) is 2.30. The lowest BCUT2D eigenvalue weighted by Gasteiger charge is -2.32. The van der Waals surface area contributed by atoms with Gasteiger partial charge in [0.05, 0.1) is 6.10 Å². The normalized spacial score (nSPS) is 27.7. The van der Waals surface area contributed by atoms with Crippen molar-refractivity contribution >= 4 is 0 Å². The third-order valence-electron chi connectivity index (χ3n) is 3.49. The van der Waals surface area contributed by atoms with Gasteiger partial charge in [0, 0.05) is 12.0 Å². The van der Waals surface area contributed by atoms with Crippen LogP contribution in [0.15, 0.2) is 24.3 Å². The molecule has 0 aromatic heterocycles. The number of aliphatic hydroxyl groups excluding tert-OH is 1. The standard InChI is InChI=1S/C13H18FNO/c14-10-7-5-9(6-8-10)13(16)11-3-1-2-4-12(11)15/h5-8,11-13,16H,1-4,15H2/t11-,12+,13+/m1/s1. The van der Waals surface area contributed by atoms with Gasteiger partial charge in [0.1, 0.15) is 5.82 Å². The van der Waals surface area contributed by atoms with E-state index >= 15 is 0 Å². The molecule has 1 aliphatic rings. The number of hydrogen-bond acceptors (Lipinski definition) is 2. The van der Waals surface area contributed by atoms with Crippen LogP contribution in [0.25, 0.3) is 0 Å². The Morgan fingerprint density at radius 2 is 1.81 bits per heavy atom. The van der Waals surface area contributed by atoms with Crippen LogP contribution in [0.3, 0.4) is 0 Å². The number of benzene rings is 1. The molecule has 0 aliphatic heterocycles. The predicted molar refractivity (Wildman–Crippen MR) is 61.3 cm³/mol. The Kier molecular flexibility index (Phi) is 3.56. The second-order valence-electron chi connectivity index (χ2n) is 4.61. The summed E-state index contributed by atoms with van der Waals surface area (Å²) in [5.41, 5.74) is 6.78. The Labute approximate surface area is 95.3 Å². The summed E-state index contributed by atoms with van der Waals surface area (Å²) in [6.07, 6.45) is 3.64. The Hall–Kier alpha value is -0.930. The summed E-state index contributed by atoms with van der Waals surface area (Å²) in [7, 11) is 0. The molecule has 2 nitrogen and oxygen atoms in total. The Morgan fingerprint density at radius 3 is 2.44 bits per heavy atom. The van der Waals surface area contributed by atoms with Crippen molar-refractivity contribution in [2.24, 2.45) is 11.7 Å². The molecule has 0 spiro atoms. The Morgan fingerprint density at radius 1 is 1.19 bits per heavy atom. The summed E-state index contributed by atoms with van der Waals surface area (Å²) >= 11 is 0. The molecule has 88 valence electrons. The van der Waals surface area contributed by atoms with Crippen molar-refractivity contribution in [3.05, 3.63) is 35.6 Å². The lowest BCUT2D eigenvalue weighted by molar-refractivity contribution is 0.0721. The van der Waals surface area contributed by atoms with E-state index in [0.717, 1.165) is 31.2 Å². The minimum Gasteiger partial charge on any atom is -0.388 e. The fraction of sp³-hybridized carbons (Fsp3) is 0.538. The monoisotopic (exact) mass is 223 g/mol. The number of aliphatic hydroxyl groups is 1. The predicted octanol–water partition coefficient (Wildman–Crippen LogP) is 2.38. The van der Waals surface area contributed by atoms with Crippen molar-refractivity contribution in [3.8, 4) is 0 Å². The largest absolute Gasteiger partial charge is 0.388 e. The molecule has 3 heteroatoms. The van der Waals surface area contributed by atoms with Gasteiger partial charge < -0.3 is 10.8 Å². The lowest BCUT2D eigenvalue weighted by Crippen LogP contribution is -2.36. The van der Waals surface area contributed by atoms with E-state index in [2.05, 4.69) is 0 Å². The second kappa shape index (κ2) is 4.93. The molecule has 1 fully saturated rings. The highest BCUT2D eigenvalue weighted by Gasteiger charge is 2.29. The molecule has 1 aromatic rings. The van der Waals surface area contributed by atoms with Crippen LogP contribution in [-0.2, 0) is 0 Å². The van der Waals surface area contributed by atoms with Crippen LogP contribution in [0, 0.1) is 11.7 Å². The summed E-state index contributed by atoms with van der Waals surface area (Å²) in [5, 5.41) is 10.2. The van der Waals surface area contributed by atoms with Gasteiger partial charge >= 0.3 is 0 Å². The van der Waals surface area contributed by atoms with Gasteiger partial charge in [-0.2, -0.15) is 0 Å². The van der Waals surface area contributed by atoms with Crippen LogP contribution < -0.4 is 5.73 Å². The number of hydrogen-bond donors (Lipinski definition) is 2. The number of rotatable bonds is 2. The summed E-state index contributed by atoms with van der Waals surface area (Å²) in [5.74, 6) is -0.164. The molecule has 0 bridgehead atoms. The van der Waals surface area contributed by atoms with E-state index in [1.807, 2.05) is 0 Å². The zero-order chi connectivity index (χ0) is 11.5. The van der Waals surface area contributed by atoms with Gasteiger partial charge in [-0.15, -0.1) is 0 Å². The summed E-state index contributed by atoms with van der Waals surface area (Å²) in [6, 6.07) is 6.11. The van der Waals surface area contributed by atoms with E-state index in [0.29, 0.717) is 0 Å². The van der Waals surface area contributed by atoms with Gasteiger partial charge in [0.2, 0.25) is 0 Å². The van der Waals surface area contributed by atoms with Crippen molar-refractivity contribution in [1.82, 2.24) is 0 Å². The number of halogens is 1. The zero-order valence-electron chi connectivity index (χ0n) is 9.27. The van der Waals surface area contributed by atoms with Gasteiger partial charge in [-0.1, -0.05) is 25.0 Å². The van der Waals surface area contributed by atoms with Crippen LogP contribution in [-0.4, -0.2) is 11.1 Å². The Balaban J connectivity index is 2.11. The van der Waals surface area contributed by atoms with Crippen molar-refractivity contribution in [1.29, 1.82) is 0 Å². The molecule has 0 unspecified atom stereocenters. The van der Waals surface area contributed by atoms with E-state index in [1.54, 1.807) is 12.1 Å². The SMILES string of the molecule is N[C@H]1CCCC[C@H]1[C@@H](O)c1ccc(F)cc1. The van der Waals surface area contributed by atoms with E-state index < -0.39 is 6.10 Å². The smallest absolute Gasteiger partial charge is 0.123 e. The van der Waals surface area contributed by atoms with Crippen molar-refractivity contribution in [2.75, 3.05) is 0 Å². The highest BCUT2D eigenvalue weighted by molar-refractivity contribution is 5.19. The van der Waals surface area contributed by atoms with Crippen LogP contribution in [0.4, 0.5) is 4.39 Å². The highest BCUT2D eigenvalue weighted by Crippen LogP contribution is 2.33. The van der Waals surface area contributed by atoms with Crippen LogP contribution in [0.2, 0.25) is 0 Å². The van der Waals surface area contributed by atoms with Gasteiger partial charge in [0.15, 0.2) is 0 Å². The van der Waals surface area contributed by atoms with E-state index in [9.17, 15) is 9.50 Å². The minimum atomic E-state index is -0.559. The first-order valence-corrected chi connectivity index (χ1v) is 5.87. The molecule has 1 saturated carbocycles. The van der Waals surface area contributed by atoms with Gasteiger partial charge in [-0.05, 0) is 30.5 Å². The van der Waals surface area contributed by atoms with Gasteiger partial charge in [0.25, 0.3) is 0 Å². The highest BCUT2D eigenvalue weighted by atomic mass is 19.1. The molecule has 16 heavy (non-hydrogen) atoms. The topological polar surface area (TPSA) is 46.2 Å². The molecule has 0 radical (unpaired) electrons. The third-order valence-corrected chi connectivity index (χ3v) is 3.49. The first-order chi connectivity index (χ1) is 7.68. The molecule has 0 amide bonds. The molecule has 0 saturated heterocycles. The minimum absolute atomic E-state index is 0.0637. The zero-order valence-corrected chi connectivity index (χ0v) is 9.27. The van der Waals surface area contributed by atoms with Gasteiger partial charge in [-0.3, -0.25) is 0 Å². The van der Waals surface area contributed by atoms with Gasteiger partial charge in [-0.25, -0.2) is 4.39 Å². The molecular weight excluding hydrogens is 205 g/mol. The molecule has 1 aliphatic carbocycles. The van der Waals surface area contributed by atoms with E-state index in [4.69, 9.17) is 5.73 Å². The molecule has 0 heterocycles. The number of nitrogens with two attached hydrogens (primary N) is 1. The maximum absolute atomic E-state index is 12.8. The van der Waals surface area contributed by atoms with Crippen LogP contribution in [0.1, 0.15) is 37.4 Å². The van der Waals surface area contributed by atoms with Crippen molar-refractivity contribution in [3.63, 3.8) is 0 Å². The molecule has 2 rings (SSSR count).